The van der Waals surface area contributed by atoms with E-state index in [2.05, 4.69) is 31.4 Å². The minimum absolute atomic E-state index is 0.190. The van der Waals surface area contributed by atoms with E-state index in [0.717, 1.165) is 13.1 Å². The van der Waals surface area contributed by atoms with Crippen LogP contribution >= 0.6 is 0 Å². The SMILES string of the molecule is CCCC1(CNC(=O)CCNC(C)C)CC1. The van der Waals surface area contributed by atoms with Gasteiger partial charge in [-0.15, -0.1) is 0 Å². The van der Waals surface area contributed by atoms with Gasteiger partial charge in [-0.3, -0.25) is 4.79 Å². The van der Waals surface area contributed by atoms with Gasteiger partial charge >= 0.3 is 0 Å². The van der Waals surface area contributed by atoms with Crippen LogP contribution in [0.25, 0.3) is 0 Å². The zero-order valence-electron chi connectivity index (χ0n) is 10.9. The number of carbonyl (C=O) groups is 1. The van der Waals surface area contributed by atoms with Crippen LogP contribution in [0.1, 0.15) is 52.9 Å². The van der Waals surface area contributed by atoms with E-state index in [9.17, 15) is 4.79 Å². The Bertz CT molecular complexity index is 222. The topological polar surface area (TPSA) is 41.1 Å². The highest BCUT2D eigenvalue weighted by atomic mass is 16.1. The van der Waals surface area contributed by atoms with Gasteiger partial charge in [0.1, 0.15) is 0 Å². The third-order valence-electron chi connectivity index (χ3n) is 3.30. The molecule has 1 fully saturated rings. The molecule has 0 aromatic heterocycles. The van der Waals surface area contributed by atoms with Gasteiger partial charge in [0.15, 0.2) is 0 Å². The standard InChI is InChI=1S/C13H26N2O/c1-4-6-13(7-8-13)10-15-12(16)5-9-14-11(2)3/h11,14H,4-10H2,1-3H3,(H,15,16). The van der Waals surface area contributed by atoms with Gasteiger partial charge < -0.3 is 10.6 Å². The maximum atomic E-state index is 11.6. The second-order valence-electron chi connectivity index (χ2n) is 5.39. The zero-order valence-corrected chi connectivity index (χ0v) is 10.9. The second-order valence-corrected chi connectivity index (χ2v) is 5.39. The van der Waals surface area contributed by atoms with Gasteiger partial charge in [-0.25, -0.2) is 0 Å². The lowest BCUT2D eigenvalue weighted by atomic mass is 10.0. The first-order valence-corrected chi connectivity index (χ1v) is 6.58. The molecule has 0 radical (unpaired) electrons. The molecule has 0 heterocycles. The van der Waals surface area contributed by atoms with E-state index in [1.165, 1.54) is 25.7 Å². The maximum absolute atomic E-state index is 11.6. The summed E-state index contributed by atoms with van der Waals surface area (Å²) in [5, 5.41) is 6.32. The molecule has 3 heteroatoms. The van der Waals surface area contributed by atoms with Gasteiger partial charge in [-0.2, -0.15) is 0 Å². The van der Waals surface area contributed by atoms with Crippen molar-refractivity contribution in [1.82, 2.24) is 10.6 Å². The Hall–Kier alpha value is -0.570. The third-order valence-corrected chi connectivity index (χ3v) is 3.30. The molecule has 0 spiro atoms. The predicted octanol–water partition coefficient (Wildman–Crippen LogP) is 2.07. The average molecular weight is 226 g/mol. The largest absolute Gasteiger partial charge is 0.356 e. The van der Waals surface area contributed by atoms with Crippen LogP contribution in [0.4, 0.5) is 0 Å². The summed E-state index contributed by atoms with van der Waals surface area (Å²) in [5.41, 5.74) is 0.468. The van der Waals surface area contributed by atoms with E-state index < -0.39 is 0 Å². The van der Waals surface area contributed by atoms with Gasteiger partial charge in [0.05, 0.1) is 0 Å². The van der Waals surface area contributed by atoms with Crippen molar-refractivity contribution < 1.29 is 4.79 Å². The summed E-state index contributed by atoms with van der Waals surface area (Å²) in [4.78, 5) is 11.6. The van der Waals surface area contributed by atoms with Crippen molar-refractivity contribution in [2.24, 2.45) is 5.41 Å². The molecule has 1 aliphatic carbocycles. The van der Waals surface area contributed by atoms with Gasteiger partial charge in [0.2, 0.25) is 5.91 Å². The smallest absolute Gasteiger partial charge is 0.221 e. The molecule has 1 rings (SSSR count). The van der Waals surface area contributed by atoms with Crippen LogP contribution in [0.3, 0.4) is 0 Å². The van der Waals surface area contributed by atoms with E-state index in [1.807, 2.05) is 0 Å². The van der Waals surface area contributed by atoms with E-state index >= 15 is 0 Å². The number of hydrogen-bond donors (Lipinski definition) is 2. The highest BCUT2D eigenvalue weighted by Gasteiger charge is 2.41. The summed E-state index contributed by atoms with van der Waals surface area (Å²) in [6.45, 7) is 8.08. The lowest BCUT2D eigenvalue weighted by molar-refractivity contribution is -0.121. The molecule has 1 saturated carbocycles. The van der Waals surface area contributed by atoms with Crippen LogP contribution in [-0.2, 0) is 4.79 Å². The minimum Gasteiger partial charge on any atom is -0.356 e. The van der Waals surface area contributed by atoms with Crippen LogP contribution in [0.15, 0.2) is 0 Å². The molecular weight excluding hydrogens is 200 g/mol. The first-order chi connectivity index (χ1) is 7.58. The Labute approximate surface area is 99.4 Å². The van der Waals surface area contributed by atoms with Crippen LogP contribution in [0.5, 0.6) is 0 Å². The lowest BCUT2D eigenvalue weighted by Crippen LogP contribution is -2.33. The number of nitrogens with one attached hydrogen (secondary N) is 2. The summed E-state index contributed by atoms with van der Waals surface area (Å²) < 4.78 is 0. The highest BCUT2D eigenvalue weighted by molar-refractivity contribution is 5.76. The monoisotopic (exact) mass is 226 g/mol. The molecular formula is C13H26N2O. The number of rotatable bonds is 8. The fourth-order valence-electron chi connectivity index (χ4n) is 2.07. The van der Waals surface area contributed by atoms with Crippen molar-refractivity contribution in [2.75, 3.05) is 13.1 Å². The summed E-state index contributed by atoms with van der Waals surface area (Å²) in [6.07, 6.45) is 5.68. The van der Waals surface area contributed by atoms with Crippen molar-refractivity contribution in [1.29, 1.82) is 0 Å². The quantitative estimate of drug-likeness (QED) is 0.665. The van der Waals surface area contributed by atoms with Crippen LogP contribution in [0, 0.1) is 5.41 Å². The Morgan fingerprint density at radius 3 is 2.56 bits per heavy atom. The van der Waals surface area contributed by atoms with Gasteiger partial charge in [0.25, 0.3) is 0 Å². The first kappa shape index (κ1) is 13.5. The van der Waals surface area contributed by atoms with Crippen LogP contribution < -0.4 is 10.6 Å². The molecule has 0 aromatic rings. The molecule has 0 aliphatic heterocycles. The van der Waals surface area contributed by atoms with Crippen LogP contribution in [0.2, 0.25) is 0 Å². The molecule has 3 nitrogen and oxygen atoms in total. The zero-order chi connectivity index (χ0) is 12.0. The van der Waals surface area contributed by atoms with Gasteiger partial charge in [-0.1, -0.05) is 27.2 Å². The van der Waals surface area contributed by atoms with Gasteiger partial charge in [-0.05, 0) is 24.7 Å². The second kappa shape index (κ2) is 6.24. The van der Waals surface area contributed by atoms with E-state index in [4.69, 9.17) is 0 Å². The molecule has 1 aliphatic rings. The fourth-order valence-corrected chi connectivity index (χ4v) is 2.07. The molecule has 2 N–H and O–H groups in total. The molecule has 0 unspecified atom stereocenters. The number of hydrogen-bond acceptors (Lipinski definition) is 2. The average Bonchev–Trinajstić information content (AvgIpc) is 2.96. The van der Waals surface area contributed by atoms with Crippen molar-refractivity contribution in [3.8, 4) is 0 Å². The molecule has 0 atom stereocenters. The third kappa shape index (κ3) is 4.97. The minimum atomic E-state index is 0.190. The number of carbonyl (C=O) groups excluding carboxylic acids is 1. The summed E-state index contributed by atoms with van der Waals surface area (Å²) in [6, 6.07) is 0.461. The Kier molecular flexibility index (Phi) is 5.26. The first-order valence-electron chi connectivity index (χ1n) is 6.58. The molecule has 16 heavy (non-hydrogen) atoms. The molecule has 1 amide bonds. The van der Waals surface area contributed by atoms with E-state index in [-0.39, 0.29) is 5.91 Å². The summed E-state index contributed by atoms with van der Waals surface area (Å²) in [7, 11) is 0. The van der Waals surface area contributed by atoms with Crippen LogP contribution in [-0.4, -0.2) is 25.0 Å². The van der Waals surface area contributed by atoms with E-state index in [0.29, 0.717) is 17.9 Å². The van der Waals surface area contributed by atoms with Crippen molar-refractivity contribution in [3.63, 3.8) is 0 Å². The summed E-state index contributed by atoms with van der Waals surface area (Å²) >= 11 is 0. The molecule has 0 bridgehead atoms. The number of amides is 1. The maximum Gasteiger partial charge on any atom is 0.221 e. The predicted molar refractivity (Wildman–Crippen MR) is 67.3 cm³/mol. The van der Waals surface area contributed by atoms with Crippen molar-refractivity contribution in [3.05, 3.63) is 0 Å². The Morgan fingerprint density at radius 2 is 2.06 bits per heavy atom. The summed E-state index contributed by atoms with van der Waals surface area (Å²) in [5.74, 6) is 0.190. The fraction of sp³-hybridized carbons (Fsp3) is 0.923. The van der Waals surface area contributed by atoms with E-state index in [1.54, 1.807) is 0 Å². The lowest BCUT2D eigenvalue weighted by Gasteiger charge is -2.15. The van der Waals surface area contributed by atoms with Gasteiger partial charge in [0, 0.05) is 25.6 Å². The molecule has 0 aromatic carbocycles. The molecule has 94 valence electrons. The Morgan fingerprint density at radius 1 is 1.38 bits per heavy atom. The molecule has 0 saturated heterocycles. The highest BCUT2D eigenvalue weighted by Crippen LogP contribution is 2.48. The van der Waals surface area contributed by atoms with Crippen molar-refractivity contribution >= 4 is 5.91 Å². The Balaban J connectivity index is 2.06. The van der Waals surface area contributed by atoms with Crippen molar-refractivity contribution in [2.45, 2.75) is 58.9 Å². The normalized spacial score (nSPS) is 17.5.